The third-order valence-corrected chi connectivity index (χ3v) is 5.51. The summed E-state index contributed by atoms with van der Waals surface area (Å²) in [6.07, 6.45) is 3.61. The number of para-hydroxylation sites is 1. The minimum absolute atomic E-state index is 0.0685. The van der Waals surface area contributed by atoms with Crippen LogP contribution < -0.4 is 5.43 Å². The van der Waals surface area contributed by atoms with E-state index in [0.29, 0.717) is 5.56 Å². The Balaban J connectivity index is 1.52. The van der Waals surface area contributed by atoms with Crippen LogP contribution in [-0.4, -0.2) is 21.6 Å². The van der Waals surface area contributed by atoms with E-state index in [9.17, 15) is 14.9 Å². The molecule has 0 fully saturated rings. The Morgan fingerprint density at radius 2 is 1.77 bits per heavy atom. The fraction of sp³-hybridized carbons (Fsp3) is 0.0435. The molecule has 1 N–H and O–H groups in total. The molecule has 1 heterocycles. The van der Waals surface area contributed by atoms with Gasteiger partial charge >= 0.3 is 0 Å². The van der Waals surface area contributed by atoms with Crippen molar-refractivity contribution in [2.45, 2.75) is 6.54 Å². The Morgan fingerprint density at radius 1 is 1.06 bits per heavy atom. The predicted molar refractivity (Wildman–Crippen MR) is 128 cm³/mol. The van der Waals surface area contributed by atoms with Crippen molar-refractivity contribution in [1.82, 2.24) is 9.99 Å². The van der Waals surface area contributed by atoms with E-state index in [-0.39, 0.29) is 5.69 Å². The number of hydrogen-bond acceptors (Lipinski definition) is 4. The molecule has 3 aromatic carbocycles. The maximum atomic E-state index is 12.3. The third-order valence-electron chi connectivity index (χ3n) is 4.80. The van der Waals surface area contributed by atoms with Crippen molar-refractivity contribution in [1.29, 1.82) is 0 Å². The second kappa shape index (κ2) is 9.09. The van der Waals surface area contributed by atoms with Gasteiger partial charge in [-0.2, -0.15) is 5.10 Å². The van der Waals surface area contributed by atoms with Crippen LogP contribution in [0.5, 0.6) is 0 Å². The lowest BCUT2D eigenvalue weighted by Gasteiger charge is -2.05. The van der Waals surface area contributed by atoms with Crippen LogP contribution in [0.1, 0.15) is 21.5 Å². The van der Waals surface area contributed by atoms with Crippen molar-refractivity contribution in [3.05, 3.63) is 109 Å². The van der Waals surface area contributed by atoms with Gasteiger partial charge in [0.2, 0.25) is 0 Å². The summed E-state index contributed by atoms with van der Waals surface area (Å²) in [5, 5.41) is 15.8. The SMILES string of the molecule is O=C(NN=Cc1cn(Cc2ccc(I)cc2)c2ccccc12)c1ccc([N+](=O)[O-])cc1. The molecule has 0 aliphatic carbocycles. The highest BCUT2D eigenvalue weighted by Gasteiger charge is 2.10. The Labute approximate surface area is 191 Å². The molecule has 4 rings (SSSR count). The lowest BCUT2D eigenvalue weighted by molar-refractivity contribution is -0.384. The normalized spacial score (nSPS) is 11.1. The van der Waals surface area contributed by atoms with Crippen molar-refractivity contribution in [2.75, 3.05) is 0 Å². The Hall–Kier alpha value is -3.53. The summed E-state index contributed by atoms with van der Waals surface area (Å²) in [6.45, 7) is 0.723. The number of amides is 1. The van der Waals surface area contributed by atoms with Crippen molar-refractivity contribution in [3.8, 4) is 0 Å². The highest BCUT2D eigenvalue weighted by molar-refractivity contribution is 14.1. The number of nitrogens with zero attached hydrogens (tertiary/aromatic N) is 3. The van der Waals surface area contributed by atoms with E-state index in [1.165, 1.54) is 33.4 Å². The van der Waals surface area contributed by atoms with Gasteiger partial charge in [0.25, 0.3) is 11.6 Å². The van der Waals surface area contributed by atoms with Gasteiger partial charge in [-0.15, -0.1) is 0 Å². The minimum Gasteiger partial charge on any atom is -0.342 e. The topological polar surface area (TPSA) is 89.5 Å². The van der Waals surface area contributed by atoms with Crippen molar-refractivity contribution in [3.63, 3.8) is 0 Å². The molecule has 31 heavy (non-hydrogen) atoms. The van der Waals surface area contributed by atoms with E-state index in [1.807, 2.05) is 24.4 Å². The molecule has 0 saturated heterocycles. The summed E-state index contributed by atoms with van der Waals surface area (Å²) in [7, 11) is 0. The van der Waals surface area contributed by atoms with Crippen LogP contribution in [0.25, 0.3) is 10.9 Å². The first-order valence-corrected chi connectivity index (χ1v) is 10.5. The summed E-state index contributed by atoms with van der Waals surface area (Å²) < 4.78 is 3.34. The maximum Gasteiger partial charge on any atom is 0.271 e. The number of hydrogen-bond donors (Lipinski definition) is 1. The van der Waals surface area contributed by atoms with Gasteiger partial charge < -0.3 is 4.57 Å². The van der Waals surface area contributed by atoms with E-state index in [2.05, 4.69) is 68.0 Å². The second-order valence-corrected chi connectivity index (χ2v) is 8.10. The van der Waals surface area contributed by atoms with E-state index in [4.69, 9.17) is 0 Å². The zero-order chi connectivity index (χ0) is 21.8. The summed E-state index contributed by atoms with van der Waals surface area (Å²) >= 11 is 2.29. The van der Waals surface area contributed by atoms with Crippen LogP contribution in [0.2, 0.25) is 0 Å². The van der Waals surface area contributed by atoms with Crippen LogP contribution in [0, 0.1) is 13.7 Å². The average molecular weight is 524 g/mol. The second-order valence-electron chi connectivity index (χ2n) is 6.86. The van der Waals surface area contributed by atoms with E-state index < -0.39 is 10.8 Å². The average Bonchev–Trinajstić information content (AvgIpc) is 3.13. The van der Waals surface area contributed by atoms with Gasteiger partial charge in [0, 0.05) is 50.5 Å². The van der Waals surface area contributed by atoms with Crippen molar-refractivity contribution < 1.29 is 9.72 Å². The monoisotopic (exact) mass is 524 g/mol. The lowest BCUT2D eigenvalue weighted by atomic mass is 10.2. The molecule has 0 aliphatic heterocycles. The van der Waals surface area contributed by atoms with Crippen LogP contribution in [0.4, 0.5) is 5.69 Å². The van der Waals surface area contributed by atoms with Crippen LogP contribution in [0.15, 0.2) is 84.1 Å². The molecule has 7 nitrogen and oxygen atoms in total. The number of non-ortho nitro benzene ring substituents is 1. The molecule has 1 aromatic heterocycles. The zero-order valence-corrected chi connectivity index (χ0v) is 18.4. The molecule has 4 aromatic rings. The van der Waals surface area contributed by atoms with Gasteiger partial charge in [-0.1, -0.05) is 30.3 Å². The number of hydrazone groups is 1. The quantitative estimate of drug-likeness (QED) is 0.167. The summed E-state index contributed by atoms with van der Waals surface area (Å²) in [6, 6.07) is 21.8. The van der Waals surface area contributed by atoms with E-state index in [1.54, 1.807) is 6.21 Å². The number of carbonyl (C=O) groups excluding carboxylic acids is 1. The summed E-state index contributed by atoms with van der Waals surface area (Å²) in [4.78, 5) is 22.5. The van der Waals surface area contributed by atoms with E-state index in [0.717, 1.165) is 23.0 Å². The molecule has 1 amide bonds. The van der Waals surface area contributed by atoms with E-state index >= 15 is 0 Å². The molecule has 0 aliphatic rings. The number of nitrogens with one attached hydrogen (secondary N) is 1. The smallest absolute Gasteiger partial charge is 0.271 e. The molecular weight excluding hydrogens is 507 g/mol. The Morgan fingerprint density at radius 3 is 2.48 bits per heavy atom. The van der Waals surface area contributed by atoms with Gasteiger partial charge in [-0.3, -0.25) is 14.9 Å². The highest BCUT2D eigenvalue weighted by Crippen LogP contribution is 2.21. The van der Waals surface area contributed by atoms with Gasteiger partial charge in [0.05, 0.1) is 11.1 Å². The van der Waals surface area contributed by atoms with Crippen LogP contribution >= 0.6 is 22.6 Å². The number of carbonyl (C=O) groups is 1. The number of halogens is 1. The van der Waals surface area contributed by atoms with Gasteiger partial charge in [-0.25, -0.2) is 5.43 Å². The maximum absolute atomic E-state index is 12.3. The minimum atomic E-state index is -0.508. The Bertz CT molecular complexity index is 1280. The molecule has 0 spiro atoms. The summed E-state index contributed by atoms with van der Waals surface area (Å²) in [5.74, 6) is -0.436. The first-order valence-electron chi connectivity index (χ1n) is 9.41. The van der Waals surface area contributed by atoms with Gasteiger partial charge in [-0.05, 0) is 58.5 Å². The first kappa shape index (κ1) is 20.7. The molecule has 0 saturated carbocycles. The molecule has 0 atom stereocenters. The van der Waals surface area contributed by atoms with Gasteiger partial charge in [0.1, 0.15) is 0 Å². The summed E-state index contributed by atoms with van der Waals surface area (Å²) in [5.41, 5.74) is 5.85. The number of benzene rings is 3. The number of rotatable bonds is 6. The van der Waals surface area contributed by atoms with Crippen LogP contribution in [0.3, 0.4) is 0 Å². The predicted octanol–water partition coefficient (Wildman–Crippen LogP) is 4.97. The van der Waals surface area contributed by atoms with Crippen molar-refractivity contribution >= 4 is 51.3 Å². The standard InChI is InChI=1S/C23H17IN4O3/c24-19-9-5-16(6-10-19)14-27-15-18(21-3-1-2-4-22(21)27)13-25-26-23(29)17-7-11-20(12-8-17)28(30)31/h1-13,15H,14H2,(H,26,29). The largest absolute Gasteiger partial charge is 0.342 e. The molecule has 0 unspecified atom stereocenters. The zero-order valence-electron chi connectivity index (χ0n) is 16.2. The van der Waals surface area contributed by atoms with Crippen LogP contribution in [-0.2, 0) is 6.54 Å². The molecular formula is C23H17IN4O3. The highest BCUT2D eigenvalue weighted by atomic mass is 127. The number of nitro benzene ring substituents is 1. The number of nitro groups is 1. The fourth-order valence-electron chi connectivity index (χ4n) is 3.25. The lowest BCUT2D eigenvalue weighted by Crippen LogP contribution is -2.17. The Kier molecular flexibility index (Phi) is 6.08. The number of fused-ring (bicyclic) bond motifs is 1. The fourth-order valence-corrected chi connectivity index (χ4v) is 3.61. The first-order chi connectivity index (χ1) is 15.0. The third kappa shape index (κ3) is 4.80. The number of aromatic nitrogens is 1. The molecule has 0 bridgehead atoms. The van der Waals surface area contributed by atoms with Crippen molar-refractivity contribution in [2.24, 2.45) is 5.10 Å². The van der Waals surface area contributed by atoms with Gasteiger partial charge in [0.15, 0.2) is 0 Å². The molecule has 154 valence electrons. The molecule has 0 radical (unpaired) electrons. The molecule has 8 heteroatoms.